The quantitative estimate of drug-likeness (QED) is 0.561. The molecule has 3 rings (SSSR count). The Morgan fingerprint density at radius 3 is 2.67 bits per heavy atom. The highest BCUT2D eigenvalue weighted by atomic mass is 19.1. The molecule has 11 heteroatoms. The lowest BCUT2D eigenvalue weighted by molar-refractivity contribution is -0.0564. The molecule has 1 amide bonds. The molecule has 1 aromatic heterocycles. The Balaban J connectivity index is 1.65. The summed E-state index contributed by atoms with van der Waals surface area (Å²) < 4.78 is 24.3. The molecule has 1 aromatic carbocycles. The van der Waals surface area contributed by atoms with E-state index in [1.807, 2.05) is 0 Å². The summed E-state index contributed by atoms with van der Waals surface area (Å²) in [5.41, 5.74) is -1.76. The van der Waals surface area contributed by atoms with E-state index in [4.69, 9.17) is 9.47 Å². The highest BCUT2D eigenvalue weighted by Crippen LogP contribution is 2.28. The molecule has 2 aromatic rings. The molecule has 0 bridgehead atoms. The van der Waals surface area contributed by atoms with Gasteiger partial charge in [-0.3, -0.25) is 19.7 Å². The number of aliphatic hydroxyl groups is 2. The van der Waals surface area contributed by atoms with Gasteiger partial charge in [0.1, 0.15) is 24.9 Å². The second-order valence-electron chi connectivity index (χ2n) is 5.78. The van der Waals surface area contributed by atoms with Gasteiger partial charge in [0.15, 0.2) is 6.23 Å². The van der Waals surface area contributed by atoms with Gasteiger partial charge < -0.3 is 19.7 Å². The molecule has 0 spiro atoms. The zero-order valence-corrected chi connectivity index (χ0v) is 13.7. The molecule has 0 saturated carbocycles. The van der Waals surface area contributed by atoms with E-state index in [1.165, 1.54) is 0 Å². The van der Waals surface area contributed by atoms with Crippen molar-refractivity contribution in [3.05, 3.63) is 63.2 Å². The maximum atomic E-state index is 13.4. The normalized spacial score (nSPS) is 24.6. The number of rotatable bonds is 4. The van der Waals surface area contributed by atoms with Gasteiger partial charge in [-0.05, 0) is 12.1 Å². The summed E-state index contributed by atoms with van der Waals surface area (Å²) in [6.45, 7) is -0.437. The molecule has 10 nitrogen and oxygen atoms in total. The second-order valence-corrected chi connectivity index (χ2v) is 5.78. The molecule has 4 N–H and O–H groups in total. The van der Waals surface area contributed by atoms with Gasteiger partial charge in [0.05, 0.1) is 6.20 Å². The molecule has 0 radical (unpaired) electrons. The fourth-order valence-electron chi connectivity index (χ4n) is 2.58. The van der Waals surface area contributed by atoms with E-state index in [0.717, 1.165) is 0 Å². The van der Waals surface area contributed by atoms with E-state index in [0.29, 0.717) is 16.5 Å². The summed E-state index contributed by atoms with van der Waals surface area (Å²) in [6.07, 6.45) is -6.02. The molecule has 1 aliphatic rings. The van der Waals surface area contributed by atoms with E-state index < -0.39 is 54.3 Å². The van der Waals surface area contributed by atoms with Gasteiger partial charge in [-0.25, -0.2) is 9.59 Å². The third kappa shape index (κ3) is 4.05. The van der Waals surface area contributed by atoms with Crippen LogP contribution in [0.5, 0.6) is 0 Å². The standard InChI is InChI=1S/C16H16FN3O7/c17-9-6-20(15(24)19-13(9)23)14-12(22)11(21)10(27-14)7-26-16(25)18-8-4-2-1-3-5-8/h1-6,10-12,14,21-22H,7H2,(H,18,25)(H,19,23,24)/t10-,11?,12?,14-/m0/s1. The summed E-state index contributed by atoms with van der Waals surface area (Å²) in [5, 5.41) is 22.6. The van der Waals surface area contributed by atoms with Gasteiger partial charge in [-0.15, -0.1) is 0 Å². The number of para-hydroxylation sites is 1. The van der Waals surface area contributed by atoms with Crippen LogP contribution in [0.4, 0.5) is 14.9 Å². The predicted molar refractivity (Wildman–Crippen MR) is 88.6 cm³/mol. The third-order valence-electron chi connectivity index (χ3n) is 3.93. The highest BCUT2D eigenvalue weighted by Gasteiger charge is 2.44. The van der Waals surface area contributed by atoms with Crippen molar-refractivity contribution < 1.29 is 28.9 Å². The lowest BCUT2D eigenvalue weighted by atomic mass is 10.1. The van der Waals surface area contributed by atoms with Crippen molar-refractivity contribution in [3.63, 3.8) is 0 Å². The summed E-state index contributed by atoms with van der Waals surface area (Å²) in [7, 11) is 0. The van der Waals surface area contributed by atoms with E-state index in [9.17, 15) is 29.0 Å². The van der Waals surface area contributed by atoms with Crippen molar-refractivity contribution in [3.8, 4) is 0 Å². The fraction of sp³-hybridized carbons (Fsp3) is 0.312. The number of carbonyl (C=O) groups excluding carboxylic acids is 1. The average Bonchev–Trinajstić information content (AvgIpc) is 2.92. The third-order valence-corrected chi connectivity index (χ3v) is 3.93. The molecule has 1 fully saturated rings. The van der Waals surface area contributed by atoms with Crippen molar-refractivity contribution in [2.75, 3.05) is 11.9 Å². The van der Waals surface area contributed by atoms with Crippen LogP contribution < -0.4 is 16.6 Å². The Labute approximate surface area is 150 Å². The number of aromatic amines is 1. The number of benzene rings is 1. The Kier molecular flexibility index (Phi) is 5.35. The Morgan fingerprint density at radius 1 is 1.26 bits per heavy atom. The van der Waals surface area contributed by atoms with Crippen molar-refractivity contribution in [2.24, 2.45) is 0 Å². The summed E-state index contributed by atoms with van der Waals surface area (Å²) in [6, 6.07) is 8.46. The number of amides is 1. The number of nitrogens with zero attached hydrogens (tertiary/aromatic N) is 1. The van der Waals surface area contributed by atoms with Crippen LogP contribution in [-0.4, -0.2) is 50.8 Å². The zero-order valence-electron chi connectivity index (χ0n) is 13.7. The monoisotopic (exact) mass is 381 g/mol. The van der Waals surface area contributed by atoms with Gasteiger partial charge in [0, 0.05) is 5.69 Å². The Morgan fingerprint density at radius 2 is 1.96 bits per heavy atom. The molecular weight excluding hydrogens is 365 g/mol. The van der Waals surface area contributed by atoms with Crippen molar-refractivity contribution in [1.82, 2.24) is 9.55 Å². The minimum Gasteiger partial charge on any atom is -0.446 e. The first kappa shape index (κ1) is 18.8. The van der Waals surface area contributed by atoms with Gasteiger partial charge in [-0.2, -0.15) is 4.39 Å². The van der Waals surface area contributed by atoms with E-state index in [-0.39, 0.29) is 0 Å². The largest absolute Gasteiger partial charge is 0.446 e. The number of aromatic nitrogens is 2. The number of anilines is 1. The predicted octanol–water partition coefficient (Wildman–Crippen LogP) is -0.456. The van der Waals surface area contributed by atoms with Gasteiger partial charge >= 0.3 is 11.8 Å². The number of nitrogens with one attached hydrogen (secondary N) is 2. The van der Waals surface area contributed by atoms with Crippen LogP contribution in [0, 0.1) is 5.82 Å². The topological polar surface area (TPSA) is 143 Å². The van der Waals surface area contributed by atoms with Crippen LogP contribution >= 0.6 is 0 Å². The number of hydrogen-bond donors (Lipinski definition) is 4. The first-order valence-corrected chi connectivity index (χ1v) is 7.88. The van der Waals surface area contributed by atoms with Gasteiger partial charge in [-0.1, -0.05) is 18.2 Å². The van der Waals surface area contributed by atoms with Crippen molar-refractivity contribution >= 4 is 11.8 Å². The molecule has 1 aliphatic heterocycles. The Hall–Kier alpha value is -3.02. The van der Waals surface area contributed by atoms with E-state index >= 15 is 0 Å². The molecule has 2 heterocycles. The summed E-state index contributed by atoms with van der Waals surface area (Å²) in [5.74, 6) is -1.26. The van der Waals surface area contributed by atoms with Crippen LogP contribution in [0.25, 0.3) is 0 Å². The number of H-pyrrole nitrogens is 1. The number of aliphatic hydroxyl groups excluding tert-OH is 2. The minimum atomic E-state index is -1.61. The molecular formula is C16H16FN3O7. The lowest BCUT2D eigenvalue weighted by Gasteiger charge is -2.16. The second kappa shape index (κ2) is 7.70. The number of hydrogen-bond acceptors (Lipinski definition) is 7. The number of ether oxygens (including phenoxy) is 2. The van der Waals surface area contributed by atoms with Crippen LogP contribution in [0.15, 0.2) is 46.1 Å². The lowest BCUT2D eigenvalue weighted by Crippen LogP contribution is -2.38. The van der Waals surface area contributed by atoms with Gasteiger partial charge in [0.25, 0.3) is 5.56 Å². The minimum absolute atomic E-state index is 0.437. The first-order chi connectivity index (χ1) is 12.9. The number of halogens is 1. The summed E-state index contributed by atoms with van der Waals surface area (Å²) >= 11 is 0. The Bertz CT molecular complexity index is 930. The molecule has 27 heavy (non-hydrogen) atoms. The van der Waals surface area contributed by atoms with Crippen molar-refractivity contribution in [1.29, 1.82) is 0 Å². The van der Waals surface area contributed by atoms with E-state index in [1.54, 1.807) is 35.3 Å². The molecule has 144 valence electrons. The van der Waals surface area contributed by atoms with Crippen molar-refractivity contribution in [2.45, 2.75) is 24.5 Å². The van der Waals surface area contributed by atoms with Crippen LogP contribution in [0.2, 0.25) is 0 Å². The average molecular weight is 381 g/mol. The van der Waals surface area contributed by atoms with Crippen LogP contribution in [-0.2, 0) is 9.47 Å². The molecule has 1 saturated heterocycles. The summed E-state index contributed by atoms with van der Waals surface area (Å²) in [4.78, 5) is 36.4. The molecule has 4 atom stereocenters. The maximum Gasteiger partial charge on any atom is 0.411 e. The zero-order chi connectivity index (χ0) is 19.6. The highest BCUT2D eigenvalue weighted by molar-refractivity contribution is 5.84. The van der Waals surface area contributed by atoms with E-state index in [2.05, 4.69) is 5.32 Å². The maximum absolute atomic E-state index is 13.4. The first-order valence-electron chi connectivity index (χ1n) is 7.88. The number of carbonyl (C=O) groups is 1. The smallest absolute Gasteiger partial charge is 0.411 e. The van der Waals surface area contributed by atoms with Gasteiger partial charge in [0.2, 0.25) is 5.82 Å². The molecule has 2 unspecified atom stereocenters. The fourth-order valence-corrected chi connectivity index (χ4v) is 2.58. The van der Waals surface area contributed by atoms with Crippen LogP contribution in [0.1, 0.15) is 6.23 Å². The SMILES string of the molecule is O=C(Nc1ccccc1)OC[C@@H]1O[C@H](n2cc(F)c(=O)[nH]c2=O)C(O)C1O. The molecule has 0 aliphatic carbocycles. The van der Waals surface area contributed by atoms with Crippen LogP contribution in [0.3, 0.4) is 0 Å².